The Morgan fingerprint density at radius 3 is 2.19 bits per heavy atom. The van der Waals surface area contributed by atoms with Crippen LogP contribution in [0.2, 0.25) is 5.02 Å². The molecular formula is C22H28ClN3O4S. The van der Waals surface area contributed by atoms with Gasteiger partial charge in [-0.3, -0.25) is 9.59 Å². The number of nitrogens with one attached hydrogen (secondary N) is 1. The topological polar surface area (TPSA) is 86.8 Å². The molecule has 0 bridgehead atoms. The Kier molecular flexibility index (Phi) is 9.03. The van der Waals surface area contributed by atoms with Crippen LogP contribution >= 0.6 is 11.6 Å². The monoisotopic (exact) mass is 465 g/mol. The van der Waals surface area contributed by atoms with Crippen LogP contribution in [0.3, 0.4) is 0 Å². The Morgan fingerprint density at radius 1 is 1.03 bits per heavy atom. The molecule has 2 amide bonds. The number of hydrogen-bond acceptors (Lipinski definition) is 4. The average Bonchev–Trinajstić information content (AvgIpc) is 2.74. The first-order chi connectivity index (χ1) is 14.7. The maximum absolute atomic E-state index is 13.2. The maximum Gasteiger partial charge on any atom is 0.243 e. The Bertz CT molecular complexity index is 982. The van der Waals surface area contributed by atoms with Gasteiger partial charge in [-0.2, -0.15) is 4.31 Å². The summed E-state index contributed by atoms with van der Waals surface area (Å²) >= 11 is 5.84. The zero-order chi connectivity index (χ0) is 23.0. The van der Waals surface area contributed by atoms with E-state index in [4.69, 9.17) is 11.6 Å². The number of hydrogen-bond donors (Lipinski definition) is 1. The summed E-state index contributed by atoms with van der Waals surface area (Å²) in [6.45, 7) is 3.87. The second-order valence-electron chi connectivity index (χ2n) is 7.04. The van der Waals surface area contributed by atoms with E-state index in [9.17, 15) is 18.0 Å². The van der Waals surface area contributed by atoms with Gasteiger partial charge in [-0.1, -0.05) is 48.9 Å². The Balaban J connectivity index is 2.28. The Hall–Kier alpha value is -2.42. The molecule has 0 heterocycles. The first-order valence-corrected chi connectivity index (χ1v) is 11.9. The largest absolute Gasteiger partial charge is 0.355 e. The van der Waals surface area contributed by atoms with Crippen LogP contribution in [0.4, 0.5) is 0 Å². The fourth-order valence-electron chi connectivity index (χ4n) is 3.14. The van der Waals surface area contributed by atoms with Crippen LogP contribution in [-0.4, -0.2) is 55.6 Å². The van der Waals surface area contributed by atoms with Crippen molar-refractivity contribution in [3.63, 3.8) is 0 Å². The molecule has 0 spiro atoms. The highest BCUT2D eigenvalue weighted by Gasteiger charge is 2.31. The van der Waals surface area contributed by atoms with Crippen molar-refractivity contribution in [3.05, 3.63) is 65.2 Å². The molecule has 168 valence electrons. The predicted octanol–water partition coefficient (Wildman–Crippen LogP) is 2.90. The molecule has 0 fully saturated rings. The molecule has 0 saturated heterocycles. The highest BCUT2D eigenvalue weighted by atomic mass is 35.5. The molecule has 1 N–H and O–H groups in total. The van der Waals surface area contributed by atoms with Crippen molar-refractivity contribution >= 4 is 33.4 Å². The maximum atomic E-state index is 13.2. The van der Waals surface area contributed by atoms with Gasteiger partial charge in [0.1, 0.15) is 6.04 Å². The highest BCUT2D eigenvalue weighted by molar-refractivity contribution is 7.89. The van der Waals surface area contributed by atoms with Crippen LogP contribution in [0.15, 0.2) is 59.5 Å². The normalized spacial score (nSPS) is 12.4. The van der Waals surface area contributed by atoms with Gasteiger partial charge in [0.15, 0.2) is 0 Å². The molecule has 1 atom stereocenters. The summed E-state index contributed by atoms with van der Waals surface area (Å²) in [4.78, 5) is 27.3. The third-order valence-corrected chi connectivity index (χ3v) is 6.88. The lowest BCUT2D eigenvalue weighted by atomic mass is 10.1. The van der Waals surface area contributed by atoms with Gasteiger partial charge in [-0.25, -0.2) is 8.42 Å². The van der Waals surface area contributed by atoms with Gasteiger partial charge in [0, 0.05) is 25.2 Å². The van der Waals surface area contributed by atoms with Crippen molar-refractivity contribution in [2.24, 2.45) is 0 Å². The number of benzene rings is 2. The lowest BCUT2D eigenvalue weighted by molar-refractivity contribution is -0.141. The predicted molar refractivity (Wildman–Crippen MR) is 121 cm³/mol. The van der Waals surface area contributed by atoms with Crippen LogP contribution < -0.4 is 5.32 Å². The molecule has 0 saturated carbocycles. The van der Waals surface area contributed by atoms with Gasteiger partial charge in [0.05, 0.1) is 11.4 Å². The van der Waals surface area contributed by atoms with Gasteiger partial charge < -0.3 is 10.2 Å². The summed E-state index contributed by atoms with van der Waals surface area (Å²) in [5, 5.41) is 3.17. The molecular weight excluding hydrogens is 438 g/mol. The van der Waals surface area contributed by atoms with Gasteiger partial charge in [-0.15, -0.1) is 0 Å². The second kappa shape index (κ2) is 11.3. The zero-order valence-electron chi connectivity index (χ0n) is 17.9. The van der Waals surface area contributed by atoms with E-state index < -0.39 is 28.5 Å². The smallest absolute Gasteiger partial charge is 0.243 e. The number of carbonyl (C=O) groups excluding carboxylic acids is 2. The van der Waals surface area contributed by atoms with Gasteiger partial charge in [0.25, 0.3) is 0 Å². The third-order valence-electron chi connectivity index (χ3n) is 4.81. The van der Waals surface area contributed by atoms with Gasteiger partial charge >= 0.3 is 0 Å². The number of rotatable bonds is 10. The fourth-order valence-corrected chi connectivity index (χ4v) is 4.39. The van der Waals surface area contributed by atoms with E-state index in [1.165, 1.54) is 36.2 Å². The van der Waals surface area contributed by atoms with Gasteiger partial charge in [-0.05, 0) is 43.2 Å². The Morgan fingerprint density at radius 2 is 1.65 bits per heavy atom. The van der Waals surface area contributed by atoms with Crippen LogP contribution in [0.5, 0.6) is 0 Å². The molecule has 31 heavy (non-hydrogen) atoms. The summed E-state index contributed by atoms with van der Waals surface area (Å²) in [5.41, 5.74) is 0.849. The van der Waals surface area contributed by atoms with E-state index in [0.717, 1.165) is 9.87 Å². The lowest BCUT2D eigenvalue weighted by Crippen LogP contribution is -2.51. The average molecular weight is 466 g/mol. The van der Waals surface area contributed by atoms with Crippen LogP contribution in [0, 0.1) is 0 Å². The number of sulfonamides is 1. The third kappa shape index (κ3) is 6.53. The molecule has 7 nitrogen and oxygen atoms in total. The molecule has 0 radical (unpaired) electrons. The van der Waals surface area contributed by atoms with Crippen molar-refractivity contribution in [2.45, 2.75) is 37.8 Å². The standard InChI is InChI=1S/C22H28ClN3O4S/c1-4-20(22(28)24-5-2)26(15-17-9-7-6-8-10-17)21(27)16-25(3)31(29,30)19-13-11-18(23)12-14-19/h6-14,20H,4-5,15-16H2,1-3H3,(H,24,28). The molecule has 2 aromatic carbocycles. The molecule has 0 aliphatic heterocycles. The van der Waals surface area contributed by atoms with Crippen molar-refractivity contribution in [1.82, 2.24) is 14.5 Å². The minimum absolute atomic E-state index is 0.0394. The summed E-state index contributed by atoms with van der Waals surface area (Å²) in [7, 11) is -2.55. The summed E-state index contributed by atoms with van der Waals surface area (Å²) < 4.78 is 26.7. The minimum atomic E-state index is -3.89. The molecule has 0 aliphatic carbocycles. The first-order valence-electron chi connectivity index (χ1n) is 10.0. The van der Waals surface area contributed by atoms with Gasteiger partial charge in [0.2, 0.25) is 21.8 Å². The molecule has 0 aliphatic rings. The molecule has 9 heteroatoms. The van der Waals surface area contributed by atoms with E-state index in [1.807, 2.05) is 37.3 Å². The van der Waals surface area contributed by atoms with Crippen molar-refractivity contribution < 1.29 is 18.0 Å². The van der Waals surface area contributed by atoms with E-state index in [2.05, 4.69) is 5.32 Å². The van der Waals surface area contributed by atoms with Crippen molar-refractivity contribution in [1.29, 1.82) is 0 Å². The van der Waals surface area contributed by atoms with E-state index in [-0.39, 0.29) is 17.3 Å². The molecule has 1 unspecified atom stereocenters. The van der Waals surface area contributed by atoms with E-state index in [1.54, 1.807) is 6.92 Å². The number of carbonyl (C=O) groups is 2. The second-order valence-corrected chi connectivity index (χ2v) is 9.52. The summed E-state index contributed by atoms with van der Waals surface area (Å²) in [5.74, 6) is -0.723. The summed E-state index contributed by atoms with van der Waals surface area (Å²) in [6.07, 6.45) is 0.401. The molecule has 2 aromatic rings. The van der Waals surface area contributed by atoms with E-state index in [0.29, 0.717) is 18.0 Å². The van der Waals surface area contributed by atoms with E-state index >= 15 is 0 Å². The highest BCUT2D eigenvalue weighted by Crippen LogP contribution is 2.19. The number of likely N-dealkylation sites (N-methyl/N-ethyl adjacent to an activating group) is 2. The number of amides is 2. The molecule has 0 aromatic heterocycles. The van der Waals surface area contributed by atoms with Crippen LogP contribution in [-0.2, 0) is 26.2 Å². The van der Waals surface area contributed by atoms with Crippen LogP contribution in [0.1, 0.15) is 25.8 Å². The Labute approximate surface area is 189 Å². The SMILES string of the molecule is CCNC(=O)C(CC)N(Cc1ccccc1)C(=O)CN(C)S(=O)(=O)c1ccc(Cl)cc1. The van der Waals surface area contributed by atoms with Crippen molar-refractivity contribution in [3.8, 4) is 0 Å². The minimum Gasteiger partial charge on any atom is -0.355 e. The summed E-state index contributed by atoms with van der Waals surface area (Å²) in [6, 6.07) is 14.3. The number of nitrogens with zero attached hydrogens (tertiary/aromatic N) is 2. The quantitative estimate of drug-likeness (QED) is 0.584. The molecule has 2 rings (SSSR count). The van der Waals surface area contributed by atoms with Crippen molar-refractivity contribution in [2.75, 3.05) is 20.1 Å². The van der Waals surface area contributed by atoms with Crippen LogP contribution in [0.25, 0.3) is 0 Å². The number of halogens is 1. The zero-order valence-corrected chi connectivity index (χ0v) is 19.5. The fraction of sp³-hybridized carbons (Fsp3) is 0.364. The first kappa shape index (κ1) is 24.8. The lowest BCUT2D eigenvalue weighted by Gasteiger charge is -2.31.